The number of terminal acetylenes is 2. The SMILES string of the molecule is C#CC#Cc1ccc(C#C)cc1. The Hall–Kier alpha value is -2.10. The van der Waals surface area contributed by atoms with Gasteiger partial charge in [0.15, 0.2) is 0 Å². The van der Waals surface area contributed by atoms with Gasteiger partial charge >= 0.3 is 0 Å². The van der Waals surface area contributed by atoms with Gasteiger partial charge in [-0.3, -0.25) is 0 Å². The normalized spacial score (nSPS) is 7.17. The molecule has 0 saturated heterocycles. The van der Waals surface area contributed by atoms with Crippen LogP contribution >= 0.6 is 0 Å². The first-order valence-corrected chi connectivity index (χ1v) is 3.40. The first kappa shape index (κ1) is 8.00. The van der Waals surface area contributed by atoms with Crippen LogP contribution in [0.4, 0.5) is 0 Å². The molecule has 12 heavy (non-hydrogen) atoms. The van der Waals surface area contributed by atoms with E-state index in [0.717, 1.165) is 11.1 Å². The minimum Gasteiger partial charge on any atom is -0.115 e. The van der Waals surface area contributed by atoms with Crippen LogP contribution < -0.4 is 0 Å². The molecule has 0 heterocycles. The monoisotopic (exact) mass is 150 g/mol. The zero-order chi connectivity index (χ0) is 8.81. The molecule has 0 spiro atoms. The number of hydrogen-bond donors (Lipinski definition) is 0. The minimum absolute atomic E-state index is 0.848. The lowest BCUT2D eigenvalue weighted by molar-refractivity contribution is 1.60. The molecule has 0 aromatic heterocycles. The summed E-state index contributed by atoms with van der Waals surface area (Å²) in [7, 11) is 0. The van der Waals surface area contributed by atoms with E-state index in [2.05, 4.69) is 23.7 Å². The topological polar surface area (TPSA) is 0 Å². The molecule has 0 atom stereocenters. The third-order valence-electron chi connectivity index (χ3n) is 1.33. The number of rotatable bonds is 0. The quantitative estimate of drug-likeness (QED) is 0.493. The van der Waals surface area contributed by atoms with E-state index in [4.69, 9.17) is 12.8 Å². The van der Waals surface area contributed by atoms with Crippen LogP contribution in [0.2, 0.25) is 0 Å². The third kappa shape index (κ3) is 1.95. The van der Waals surface area contributed by atoms with Crippen LogP contribution in [0.3, 0.4) is 0 Å². The second-order valence-electron chi connectivity index (χ2n) is 2.12. The molecule has 0 bridgehead atoms. The van der Waals surface area contributed by atoms with Gasteiger partial charge in [-0.15, -0.1) is 12.8 Å². The molecule has 0 fully saturated rings. The van der Waals surface area contributed by atoms with Crippen molar-refractivity contribution in [3.8, 4) is 36.5 Å². The average molecular weight is 150 g/mol. The predicted molar refractivity (Wildman–Crippen MR) is 50.1 cm³/mol. The molecule has 0 N–H and O–H groups in total. The van der Waals surface area contributed by atoms with Crippen molar-refractivity contribution in [3.05, 3.63) is 35.4 Å². The Morgan fingerprint density at radius 3 is 2.00 bits per heavy atom. The van der Waals surface area contributed by atoms with Crippen LogP contribution in [0.15, 0.2) is 24.3 Å². The molecule has 0 nitrogen and oxygen atoms in total. The summed E-state index contributed by atoms with van der Waals surface area (Å²) in [5, 5.41) is 0. The van der Waals surface area contributed by atoms with Crippen molar-refractivity contribution in [1.82, 2.24) is 0 Å². The van der Waals surface area contributed by atoms with Crippen LogP contribution in [-0.4, -0.2) is 0 Å². The Morgan fingerprint density at radius 2 is 1.50 bits per heavy atom. The van der Waals surface area contributed by atoms with Crippen molar-refractivity contribution in [3.63, 3.8) is 0 Å². The first-order valence-electron chi connectivity index (χ1n) is 3.40. The molecular formula is C12H6. The molecule has 54 valence electrons. The van der Waals surface area contributed by atoms with E-state index in [0.29, 0.717) is 0 Å². The summed E-state index contributed by atoms with van der Waals surface area (Å²) in [4.78, 5) is 0. The maximum atomic E-state index is 5.18. The highest BCUT2D eigenvalue weighted by Crippen LogP contribution is 2.00. The van der Waals surface area contributed by atoms with E-state index in [-0.39, 0.29) is 0 Å². The van der Waals surface area contributed by atoms with Crippen molar-refractivity contribution >= 4 is 0 Å². The highest BCUT2D eigenvalue weighted by molar-refractivity contribution is 5.43. The fraction of sp³-hybridized carbons (Fsp3) is 0. The summed E-state index contributed by atoms with van der Waals surface area (Å²) in [5.74, 6) is 10.1. The first-order chi connectivity index (χ1) is 5.86. The summed E-state index contributed by atoms with van der Waals surface area (Å²) in [6, 6.07) is 7.36. The molecule has 0 saturated carbocycles. The van der Waals surface area contributed by atoms with Crippen molar-refractivity contribution in [2.24, 2.45) is 0 Å². The van der Waals surface area contributed by atoms with E-state index in [1.807, 2.05) is 24.3 Å². The van der Waals surface area contributed by atoms with Crippen LogP contribution in [0.25, 0.3) is 0 Å². The van der Waals surface area contributed by atoms with Crippen LogP contribution in [0.5, 0.6) is 0 Å². The lowest BCUT2D eigenvalue weighted by Gasteiger charge is -1.89. The summed E-state index contributed by atoms with van der Waals surface area (Å²) in [6.07, 6.45) is 10.2. The van der Waals surface area contributed by atoms with Gasteiger partial charge in [0.2, 0.25) is 0 Å². The fourth-order valence-electron chi connectivity index (χ4n) is 0.758. The number of benzene rings is 1. The summed E-state index contributed by atoms with van der Waals surface area (Å²) >= 11 is 0. The maximum absolute atomic E-state index is 5.18. The Labute approximate surface area is 72.6 Å². The summed E-state index contributed by atoms with van der Waals surface area (Å²) in [5.41, 5.74) is 1.73. The smallest absolute Gasteiger partial charge is 0.0256 e. The van der Waals surface area contributed by atoms with Gasteiger partial charge in [-0.05, 0) is 36.1 Å². The molecule has 1 aromatic rings. The van der Waals surface area contributed by atoms with Crippen molar-refractivity contribution < 1.29 is 0 Å². The molecule has 0 aliphatic heterocycles. The van der Waals surface area contributed by atoms with Crippen LogP contribution in [-0.2, 0) is 0 Å². The van der Waals surface area contributed by atoms with E-state index >= 15 is 0 Å². The van der Waals surface area contributed by atoms with Gasteiger partial charge in [-0.2, -0.15) is 0 Å². The Morgan fingerprint density at radius 1 is 0.917 bits per heavy atom. The van der Waals surface area contributed by atoms with Gasteiger partial charge in [-0.1, -0.05) is 11.8 Å². The average Bonchev–Trinajstić information content (AvgIpc) is 2.15. The fourth-order valence-corrected chi connectivity index (χ4v) is 0.758. The second kappa shape index (κ2) is 3.92. The Bertz CT molecular complexity index is 397. The van der Waals surface area contributed by atoms with Crippen molar-refractivity contribution in [1.29, 1.82) is 0 Å². The maximum Gasteiger partial charge on any atom is 0.0256 e. The molecule has 0 aliphatic carbocycles. The molecule has 0 radical (unpaired) electrons. The number of hydrogen-bond acceptors (Lipinski definition) is 0. The van der Waals surface area contributed by atoms with E-state index in [1.54, 1.807) is 0 Å². The highest BCUT2D eigenvalue weighted by Gasteiger charge is 1.86. The van der Waals surface area contributed by atoms with E-state index in [1.165, 1.54) is 0 Å². The molecule has 0 aliphatic rings. The molecule has 0 heteroatoms. The van der Waals surface area contributed by atoms with Gasteiger partial charge in [0.1, 0.15) is 0 Å². The third-order valence-corrected chi connectivity index (χ3v) is 1.33. The van der Waals surface area contributed by atoms with E-state index < -0.39 is 0 Å². The summed E-state index contributed by atoms with van der Waals surface area (Å²) in [6.45, 7) is 0. The van der Waals surface area contributed by atoms with Crippen LogP contribution in [0.1, 0.15) is 11.1 Å². The Balaban J connectivity index is 2.96. The second-order valence-corrected chi connectivity index (χ2v) is 2.12. The molecule has 1 aromatic carbocycles. The zero-order valence-electron chi connectivity index (χ0n) is 6.46. The van der Waals surface area contributed by atoms with Crippen LogP contribution in [0, 0.1) is 36.5 Å². The minimum atomic E-state index is 0.848. The van der Waals surface area contributed by atoms with Crippen molar-refractivity contribution in [2.45, 2.75) is 0 Å². The standard InChI is InChI=1S/C12H6/c1-3-5-6-12-9-7-11(4-2)8-10-12/h1-2,7-10H. The van der Waals surface area contributed by atoms with Crippen molar-refractivity contribution in [2.75, 3.05) is 0 Å². The largest absolute Gasteiger partial charge is 0.115 e. The molecule has 0 unspecified atom stereocenters. The highest BCUT2D eigenvalue weighted by atomic mass is 13.9. The summed E-state index contributed by atoms with van der Waals surface area (Å²) < 4.78 is 0. The van der Waals surface area contributed by atoms with E-state index in [9.17, 15) is 0 Å². The zero-order valence-corrected chi connectivity index (χ0v) is 6.46. The van der Waals surface area contributed by atoms with Gasteiger partial charge in [0, 0.05) is 11.1 Å². The molecule has 1 rings (SSSR count). The van der Waals surface area contributed by atoms with Gasteiger partial charge < -0.3 is 0 Å². The molecular weight excluding hydrogens is 144 g/mol. The van der Waals surface area contributed by atoms with Gasteiger partial charge in [0.25, 0.3) is 0 Å². The lowest BCUT2D eigenvalue weighted by Crippen LogP contribution is -1.75. The Kier molecular flexibility index (Phi) is 2.62. The lowest BCUT2D eigenvalue weighted by atomic mass is 10.1. The van der Waals surface area contributed by atoms with Gasteiger partial charge in [0.05, 0.1) is 0 Å². The van der Waals surface area contributed by atoms with Gasteiger partial charge in [-0.25, -0.2) is 0 Å². The predicted octanol–water partition coefficient (Wildman–Crippen LogP) is 1.65. The molecule has 0 amide bonds.